The standard InChI is InChI=1S/C22H28BF3N2O3S/c1-20(2)21(3,4)31-23(30-20)15-5-7-16(8-6-15)27-11-13-28(14-12-27)18-10-9-17(32-18)19(29)22(24,25)26/h5-10,19,29H,11-14H2,1-4H3. The molecule has 5 nitrogen and oxygen atoms in total. The third kappa shape index (κ3) is 4.51. The first-order chi connectivity index (χ1) is 14.9. The van der Waals surface area contributed by atoms with Gasteiger partial charge in [0, 0.05) is 36.7 Å². The number of alkyl halides is 3. The smallest absolute Gasteiger partial charge is 0.399 e. The molecule has 4 rings (SSSR count). The highest BCUT2D eigenvalue weighted by Gasteiger charge is 2.51. The van der Waals surface area contributed by atoms with Crippen LogP contribution in [0.2, 0.25) is 0 Å². The molecule has 0 spiro atoms. The Hall–Kier alpha value is -1.75. The van der Waals surface area contributed by atoms with E-state index < -0.39 is 19.4 Å². The maximum atomic E-state index is 12.7. The number of hydrogen-bond donors (Lipinski definition) is 1. The van der Waals surface area contributed by atoms with Crippen LogP contribution >= 0.6 is 11.3 Å². The van der Waals surface area contributed by atoms with Crippen molar-refractivity contribution in [3.63, 3.8) is 0 Å². The Bertz CT molecular complexity index is 925. The molecule has 2 saturated heterocycles. The minimum Gasteiger partial charge on any atom is -0.399 e. The van der Waals surface area contributed by atoms with Crippen molar-refractivity contribution in [3.05, 3.63) is 41.3 Å². The molecule has 0 aliphatic carbocycles. The molecule has 1 aromatic heterocycles. The maximum absolute atomic E-state index is 12.7. The zero-order valence-corrected chi connectivity index (χ0v) is 19.5. The molecule has 0 amide bonds. The second-order valence-corrected chi connectivity index (χ2v) is 10.4. The number of benzene rings is 1. The molecule has 1 unspecified atom stereocenters. The Morgan fingerprint density at radius 2 is 1.44 bits per heavy atom. The van der Waals surface area contributed by atoms with Gasteiger partial charge >= 0.3 is 13.3 Å². The van der Waals surface area contributed by atoms with E-state index in [2.05, 4.69) is 21.9 Å². The highest BCUT2D eigenvalue weighted by molar-refractivity contribution is 7.16. The third-order valence-corrected chi connectivity index (χ3v) is 7.77. The Labute approximate surface area is 190 Å². The minimum atomic E-state index is -4.65. The zero-order valence-electron chi connectivity index (χ0n) is 18.6. The molecule has 1 atom stereocenters. The normalized spacial score (nSPS) is 21.8. The van der Waals surface area contributed by atoms with E-state index >= 15 is 0 Å². The fraction of sp³-hybridized carbons (Fsp3) is 0.545. The summed E-state index contributed by atoms with van der Waals surface area (Å²) in [5.41, 5.74) is 1.29. The molecule has 0 saturated carbocycles. The molecule has 2 fully saturated rings. The summed E-state index contributed by atoms with van der Waals surface area (Å²) < 4.78 is 50.5. The number of aliphatic hydroxyl groups excluding tert-OH is 1. The molecule has 0 bridgehead atoms. The van der Waals surface area contributed by atoms with Crippen LogP contribution < -0.4 is 15.3 Å². The monoisotopic (exact) mass is 468 g/mol. The van der Waals surface area contributed by atoms with Crippen molar-refractivity contribution in [3.8, 4) is 0 Å². The predicted molar refractivity (Wildman–Crippen MR) is 122 cm³/mol. The van der Waals surface area contributed by atoms with Crippen LogP contribution in [0.5, 0.6) is 0 Å². The summed E-state index contributed by atoms with van der Waals surface area (Å²) >= 11 is 0.997. The SMILES string of the molecule is CC1(C)OB(c2ccc(N3CCN(c4ccc(C(O)C(F)(F)F)s4)CC3)cc2)OC1(C)C. The van der Waals surface area contributed by atoms with Crippen molar-refractivity contribution in [2.45, 2.75) is 51.2 Å². The van der Waals surface area contributed by atoms with Gasteiger partial charge in [0.1, 0.15) is 0 Å². The molecular weight excluding hydrogens is 440 g/mol. The lowest BCUT2D eigenvalue weighted by Crippen LogP contribution is -2.46. The number of piperazine rings is 1. The zero-order chi connectivity index (χ0) is 23.3. The van der Waals surface area contributed by atoms with Crippen LogP contribution in [-0.2, 0) is 9.31 Å². The molecule has 0 radical (unpaired) electrons. The van der Waals surface area contributed by atoms with Gasteiger partial charge in [0.25, 0.3) is 0 Å². The molecule has 2 aromatic rings. The number of nitrogens with zero attached hydrogens (tertiary/aromatic N) is 2. The van der Waals surface area contributed by atoms with E-state index in [1.807, 2.05) is 39.8 Å². The van der Waals surface area contributed by atoms with E-state index in [-0.39, 0.29) is 16.1 Å². The summed E-state index contributed by atoms with van der Waals surface area (Å²) in [5.74, 6) is 0. The van der Waals surface area contributed by atoms with Crippen molar-refractivity contribution in [1.82, 2.24) is 0 Å². The molecule has 1 aromatic carbocycles. The highest BCUT2D eigenvalue weighted by Crippen LogP contribution is 2.39. The maximum Gasteiger partial charge on any atom is 0.494 e. The summed E-state index contributed by atoms with van der Waals surface area (Å²) in [7, 11) is -0.397. The Morgan fingerprint density at radius 3 is 1.97 bits per heavy atom. The van der Waals surface area contributed by atoms with E-state index in [1.54, 1.807) is 6.07 Å². The minimum absolute atomic E-state index is 0.0757. The summed E-state index contributed by atoms with van der Waals surface area (Å²) in [6, 6.07) is 11.2. The van der Waals surface area contributed by atoms with Crippen LogP contribution in [0.1, 0.15) is 38.7 Å². The van der Waals surface area contributed by atoms with E-state index in [0.29, 0.717) is 13.1 Å². The third-order valence-electron chi connectivity index (χ3n) is 6.57. The molecule has 174 valence electrons. The molecule has 10 heteroatoms. The van der Waals surface area contributed by atoms with Gasteiger partial charge in [-0.1, -0.05) is 12.1 Å². The van der Waals surface area contributed by atoms with Crippen LogP contribution in [0.4, 0.5) is 23.9 Å². The van der Waals surface area contributed by atoms with Crippen molar-refractivity contribution in [2.24, 2.45) is 0 Å². The van der Waals surface area contributed by atoms with Gasteiger partial charge < -0.3 is 24.2 Å². The predicted octanol–water partition coefficient (Wildman–Crippen LogP) is 3.97. The Morgan fingerprint density at radius 1 is 0.906 bits per heavy atom. The quantitative estimate of drug-likeness (QED) is 0.689. The van der Waals surface area contributed by atoms with Crippen molar-refractivity contribution < 1.29 is 27.6 Å². The van der Waals surface area contributed by atoms with Gasteiger partial charge in [0.15, 0.2) is 6.10 Å². The second kappa shape index (κ2) is 8.24. The van der Waals surface area contributed by atoms with Gasteiger partial charge in [-0.3, -0.25) is 0 Å². The first-order valence-electron chi connectivity index (χ1n) is 10.7. The van der Waals surface area contributed by atoms with Gasteiger partial charge in [-0.05, 0) is 57.4 Å². The van der Waals surface area contributed by atoms with Gasteiger partial charge in [0.2, 0.25) is 0 Å². The highest BCUT2D eigenvalue weighted by atomic mass is 32.1. The molecule has 3 heterocycles. The Kier molecular flexibility index (Phi) is 6.03. The second-order valence-electron chi connectivity index (χ2n) is 9.27. The van der Waals surface area contributed by atoms with E-state index in [1.165, 1.54) is 6.07 Å². The van der Waals surface area contributed by atoms with Crippen molar-refractivity contribution in [2.75, 3.05) is 36.0 Å². The molecule has 2 aliphatic heterocycles. The van der Waals surface area contributed by atoms with Crippen LogP contribution in [0.3, 0.4) is 0 Å². The number of thiophene rings is 1. The largest absolute Gasteiger partial charge is 0.494 e. The lowest BCUT2D eigenvalue weighted by atomic mass is 9.79. The molecule has 32 heavy (non-hydrogen) atoms. The van der Waals surface area contributed by atoms with Crippen molar-refractivity contribution >= 4 is 34.6 Å². The molecule has 1 N–H and O–H groups in total. The summed E-state index contributed by atoms with van der Waals surface area (Å²) in [4.78, 5) is 4.24. The summed E-state index contributed by atoms with van der Waals surface area (Å²) in [6.07, 6.45) is -7.07. The van der Waals surface area contributed by atoms with Gasteiger partial charge in [0.05, 0.1) is 16.2 Å². The molecule has 2 aliphatic rings. The number of halogens is 3. The summed E-state index contributed by atoms with van der Waals surface area (Å²) in [6.45, 7) is 11.0. The molecular formula is C22H28BF3N2O3S. The number of aliphatic hydroxyl groups is 1. The van der Waals surface area contributed by atoms with Crippen LogP contribution in [0, 0.1) is 0 Å². The van der Waals surface area contributed by atoms with E-state index in [4.69, 9.17) is 9.31 Å². The van der Waals surface area contributed by atoms with Crippen LogP contribution in [-0.4, -0.2) is 55.8 Å². The lowest BCUT2D eigenvalue weighted by Gasteiger charge is -2.36. The van der Waals surface area contributed by atoms with Gasteiger partial charge in [-0.25, -0.2) is 0 Å². The summed E-state index contributed by atoms with van der Waals surface area (Å²) in [5, 5.41) is 10.2. The number of hydrogen-bond acceptors (Lipinski definition) is 6. The number of rotatable bonds is 4. The van der Waals surface area contributed by atoms with Crippen LogP contribution in [0.25, 0.3) is 0 Å². The first-order valence-corrected chi connectivity index (χ1v) is 11.5. The average molecular weight is 468 g/mol. The van der Waals surface area contributed by atoms with Crippen molar-refractivity contribution in [1.29, 1.82) is 0 Å². The Balaban J connectivity index is 1.36. The fourth-order valence-electron chi connectivity index (χ4n) is 3.83. The first kappa shape index (κ1) is 23.4. The fourth-order valence-corrected chi connectivity index (χ4v) is 4.90. The number of anilines is 2. The average Bonchev–Trinajstić information content (AvgIpc) is 3.29. The van der Waals surface area contributed by atoms with Crippen LogP contribution in [0.15, 0.2) is 36.4 Å². The topological polar surface area (TPSA) is 45.2 Å². The lowest BCUT2D eigenvalue weighted by molar-refractivity contribution is -0.205. The van der Waals surface area contributed by atoms with E-state index in [9.17, 15) is 18.3 Å². The van der Waals surface area contributed by atoms with Gasteiger partial charge in [-0.15, -0.1) is 11.3 Å². The van der Waals surface area contributed by atoms with E-state index in [0.717, 1.165) is 40.6 Å². The van der Waals surface area contributed by atoms with Gasteiger partial charge in [-0.2, -0.15) is 13.2 Å².